The third kappa shape index (κ3) is 2.85. The molecule has 1 atom stereocenters. The molecule has 4 nitrogen and oxygen atoms in total. The van der Waals surface area contributed by atoms with Gasteiger partial charge in [-0.05, 0) is 43.0 Å². The Morgan fingerprint density at radius 3 is 2.86 bits per heavy atom. The second-order valence-electron chi connectivity index (χ2n) is 5.42. The molecule has 4 heteroatoms. The number of fused-ring (bicyclic) bond motifs is 1. The maximum absolute atomic E-state index is 6.16. The van der Waals surface area contributed by atoms with Gasteiger partial charge in [0.1, 0.15) is 5.52 Å². The summed E-state index contributed by atoms with van der Waals surface area (Å²) >= 11 is 0. The molecular weight excluding hydrogens is 262 g/mol. The first-order chi connectivity index (χ1) is 10.2. The molecular formula is C17H21N3O. The first-order valence-corrected chi connectivity index (χ1v) is 7.44. The topological polar surface area (TPSA) is 64.1 Å². The van der Waals surface area contributed by atoms with Crippen LogP contribution in [-0.2, 0) is 6.42 Å². The Morgan fingerprint density at radius 2 is 2.10 bits per heavy atom. The molecule has 0 spiro atoms. The molecule has 21 heavy (non-hydrogen) atoms. The fourth-order valence-electron chi connectivity index (χ4n) is 2.71. The number of nitrogens with two attached hydrogens (primary N) is 1. The lowest BCUT2D eigenvalue weighted by molar-refractivity contribution is 0.518. The average molecular weight is 283 g/mol. The normalized spacial score (nSPS) is 18.8. The molecule has 0 aliphatic carbocycles. The zero-order chi connectivity index (χ0) is 14.8. The Bertz CT molecular complexity index is 679. The van der Waals surface area contributed by atoms with Gasteiger partial charge in [0.05, 0.1) is 6.17 Å². The minimum Gasteiger partial charge on any atom is -0.441 e. The highest BCUT2D eigenvalue weighted by atomic mass is 16.3. The van der Waals surface area contributed by atoms with E-state index in [1.165, 1.54) is 16.8 Å². The highest BCUT2D eigenvalue weighted by Crippen LogP contribution is 2.22. The van der Waals surface area contributed by atoms with Crippen molar-refractivity contribution in [3.05, 3.63) is 53.1 Å². The van der Waals surface area contributed by atoms with Crippen LogP contribution in [0.3, 0.4) is 0 Å². The van der Waals surface area contributed by atoms with E-state index in [2.05, 4.69) is 30.2 Å². The summed E-state index contributed by atoms with van der Waals surface area (Å²) in [5, 5.41) is 3.33. The number of hydrogen-bond acceptors (Lipinski definition) is 4. The Morgan fingerprint density at radius 1 is 1.29 bits per heavy atom. The quantitative estimate of drug-likeness (QED) is 0.904. The summed E-state index contributed by atoms with van der Waals surface area (Å²) in [6, 6.07) is 7.85. The lowest BCUT2D eigenvalue weighted by Gasteiger charge is -2.25. The largest absolute Gasteiger partial charge is 0.441 e. The molecule has 2 heterocycles. The second kappa shape index (κ2) is 5.74. The SMILES string of the molecule is CCC1=C(C)NC(N)C(CCc2nc3ccccc3o2)=C1. The van der Waals surface area contributed by atoms with E-state index >= 15 is 0 Å². The summed E-state index contributed by atoms with van der Waals surface area (Å²) in [5.41, 5.74) is 11.6. The van der Waals surface area contributed by atoms with E-state index in [4.69, 9.17) is 10.2 Å². The van der Waals surface area contributed by atoms with Crippen molar-refractivity contribution >= 4 is 11.1 Å². The van der Waals surface area contributed by atoms with Crippen molar-refractivity contribution in [3.8, 4) is 0 Å². The van der Waals surface area contributed by atoms with Crippen LogP contribution in [0.1, 0.15) is 32.6 Å². The first-order valence-electron chi connectivity index (χ1n) is 7.44. The monoisotopic (exact) mass is 283 g/mol. The average Bonchev–Trinajstić information content (AvgIpc) is 2.89. The van der Waals surface area contributed by atoms with Crippen molar-refractivity contribution in [3.63, 3.8) is 0 Å². The molecule has 3 N–H and O–H groups in total. The van der Waals surface area contributed by atoms with E-state index in [0.29, 0.717) is 0 Å². The summed E-state index contributed by atoms with van der Waals surface area (Å²) < 4.78 is 5.76. The van der Waals surface area contributed by atoms with Gasteiger partial charge in [0.15, 0.2) is 11.5 Å². The number of allylic oxidation sites excluding steroid dienone is 3. The summed E-state index contributed by atoms with van der Waals surface area (Å²) in [6.07, 6.45) is 4.76. The standard InChI is InChI=1S/C17H21N3O/c1-3-12-10-13(17(18)19-11(12)2)8-9-16-20-14-6-4-5-7-15(14)21-16/h4-7,10,17,19H,3,8-9,18H2,1-2H3. The van der Waals surface area contributed by atoms with Gasteiger partial charge in [-0.1, -0.05) is 25.1 Å². The van der Waals surface area contributed by atoms with E-state index < -0.39 is 0 Å². The van der Waals surface area contributed by atoms with Crippen molar-refractivity contribution < 1.29 is 4.42 Å². The molecule has 110 valence electrons. The third-order valence-electron chi connectivity index (χ3n) is 3.96. The maximum atomic E-state index is 6.16. The van der Waals surface area contributed by atoms with Crippen LogP contribution in [0.15, 0.2) is 51.6 Å². The number of oxazole rings is 1. The predicted octanol–water partition coefficient (Wildman–Crippen LogP) is 3.26. The molecule has 1 aromatic carbocycles. The zero-order valence-corrected chi connectivity index (χ0v) is 12.5. The zero-order valence-electron chi connectivity index (χ0n) is 12.5. The first kappa shape index (κ1) is 13.9. The smallest absolute Gasteiger partial charge is 0.195 e. The Balaban J connectivity index is 1.74. The van der Waals surface area contributed by atoms with E-state index in [1.54, 1.807) is 0 Å². The maximum Gasteiger partial charge on any atom is 0.195 e. The van der Waals surface area contributed by atoms with Gasteiger partial charge >= 0.3 is 0 Å². The number of nitrogens with zero attached hydrogens (tertiary/aromatic N) is 1. The molecule has 0 saturated carbocycles. The van der Waals surface area contributed by atoms with Crippen LogP contribution in [0, 0.1) is 0 Å². The summed E-state index contributed by atoms with van der Waals surface area (Å²) in [6.45, 7) is 4.24. The second-order valence-corrected chi connectivity index (χ2v) is 5.42. The number of benzene rings is 1. The van der Waals surface area contributed by atoms with Gasteiger partial charge in [-0.25, -0.2) is 4.98 Å². The number of aromatic nitrogens is 1. The van der Waals surface area contributed by atoms with Gasteiger partial charge in [0.2, 0.25) is 0 Å². The fourth-order valence-corrected chi connectivity index (χ4v) is 2.71. The molecule has 0 amide bonds. The van der Waals surface area contributed by atoms with E-state index in [-0.39, 0.29) is 6.17 Å². The minimum absolute atomic E-state index is 0.107. The van der Waals surface area contributed by atoms with Gasteiger partial charge in [-0.2, -0.15) is 0 Å². The van der Waals surface area contributed by atoms with E-state index in [9.17, 15) is 0 Å². The number of rotatable bonds is 4. The number of aryl methyl sites for hydroxylation is 1. The predicted molar refractivity (Wildman–Crippen MR) is 84.5 cm³/mol. The molecule has 1 unspecified atom stereocenters. The van der Waals surface area contributed by atoms with Crippen molar-refractivity contribution in [2.24, 2.45) is 5.73 Å². The highest BCUT2D eigenvalue weighted by Gasteiger charge is 2.17. The Hall–Kier alpha value is -2.07. The van der Waals surface area contributed by atoms with Gasteiger partial charge in [-0.15, -0.1) is 0 Å². The van der Waals surface area contributed by atoms with Crippen LogP contribution in [0.5, 0.6) is 0 Å². The molecule has 0 fully saturated rings. The van der Waals surface area contributed by atoms with Crippen molar-refractivity contribution in [2.45, 2.75) is 39.3 Å². The summed E-state index contributed by atoms with van der Waals surface area (Å²) in [4.78, 5) is 4.51. The number of dihydropyridines is 1. The van der Waals surface area contributed by atoms with Crippen LogP contribution < -0.4 is 11.1 Å². The van der Waals surface area contributed by atoms with Gasteiger partial charge in [-0.3, -0.25) is 0 Å². The number of nitrogens with one attached hydrogen (secondary N) is 1. The van der Waals surface area contributed by atoms with Crippen LogP contribution in [-0.4, -0.2) is 11.1 Å². The lowest BCUT2D eigenvalue weighted by atomic mass is 9.98. The minimum atomic E-state index is -0.107. The van der Waals surface area contributed by atoms with Crippen LogP contribution >= 0.6 is 0 Å². The summed E-state index contributed by atoms with van der Waals surface area (Å²) in [5.74, 6) is 0.772. The molecule has 0 saturated heterocycles. The van der Waals surface area contributed by atoms with Gasteiger partial charge < -0.3 is 15.5 Å². The molecule has 1 aromatic heterocycles. The van der Waals surface area contributed by atoms with Crippen LogP contribution in [0.4, 0.5) is 0 Å². The van der Waals surface area contributed by atoms with Gasteiger partial charge in [0, 0.05) is 12.1 Å². The fraction of sp³-hybridized carbons (Fsp3) is 0.353. The van der Waals surface area contributed by atoms with Gasteiger partial charge in [0.25, 0.3) is 0 Å². The van der Waals surface area contributed by atoms with E-state index in [0.717, 1.165) is 36.3 Å². The van der Waals surface area contributed by atoms with Crippen LogP contribution in [0.2, 0.25) is 0 Å². The molecule has 2 aromatic rings. The Labute approximate surface area is 124 Å². The number of hydrogen-bond donors (Lipinski definition) is 2. The van der Waals surface area contributed by atoms with Crippen LogP contribution in [0.25, 0.3) is 11.1 Å². The Kier molecular flexibility index (Phi) is 3.80. The summed E-state index contributed by atoms with van der Waals surface area (Å²) in [7, 11) is 0. The lowest BCUT2D eigenvalue weighted by Crippen LogP contribution is -2.40. The molecule has 3 rings (SSSR count). The molecule has 0 bridgehead atoms. The molecule has 1 aliphatic rings. The third-order valence-corrected chi connectivity index (χ3v) is 3.96. The molecule has 0 radical (unpaired) electrons. The number of para-hydroxylation sites is 2. The molecule has 1 aliphatic heterocycles. The van der Waals surface area contributed by atoms with Crippen molar-refractivity contribution in [2.75, 3.05) is 0 Å². The van der Waals surface area contributed by atoms with Crippen molar-refractivity contribution in [1.29, 1.82) is 0 Å². The van der Waals surface area contributed by atoms with E-state index in [1.807, 2.05) is 24.3 Å². The van der Waals surface area contributed by atoms with Crippen molar-refractivity contribution in [1.82, 2.24) is 10.3 Å². The highest BCUT2D eigenvalue weighted by molar-refractivity contribution is 5.72.